The number of nitrogens with one attached hydrogen (secondary N) is 2. The van der Waals surface area contributed by atoms with Crippen molar-refractivity contribution >= 4 is 39.5 Å². The van der Waals surface area contributed by atoms with Gasteiger partial charge < -0.3 is 10.5 Å². The SMILES string of the molecule is C[C@H](NS(=O)(=O)c1cccc(Cl)c1)C(=O)O[C@@H](C)C(=O)NC(N)=O. The van der Waals surface area contributed by atoms with E-state index in [0.29, 0.717) is 0 Å². The molecule has 3 amide bonds. The lowest BCUT2D eigenvalue weighted by Crippen LogP contribution is -2.45. The minimum atomic E-state index is -4.01. The number of amides is 3. The number of sulfonamides is 1. The molecule has 11 heteroatoms. The second-order valence-electron chi connectivity index (χ2n) is 4.73. The van der Waals surface area contributed by atoms with Crippen molar-refractivity contribution in [3.05, 3.63) is 29.3 Å². The molecular weight excluding hydrogens is 362 g/mol. The Morgan fingerprint density at radius 2 is 1.88 bits per heavy atom. The summed E-state index contributed by atoms with van der Waals surface area (Å²) in [5.41, 5.74) is 4.77. The largest absolute Gasteiger partial charge is 0.451 e. The highest BCUT2D eigenvalue weighted by molar-refractivity contribution is 7.89. The summed E-state index contributed by atoms with van der Waals surface area (Å²) in [5.74, 6) is -1.94. The molecule has 9 nitrogen and oxygen atoms in total. The zero-order valence-electron chi connectivity index (χ0n) is 12.8. The predicted octanol–water partition coefficient (Wildman–Crippen LogP) is 0.133. The molecule has 1 aromatic carbocycles. The smallest absolute Gasteiger partial charge is 0.324 e. The number of benzene rings is 1. The number of carbonyl (C=O) groups is 3. The number of carbonyl (C=O) groups excluding carboxylic acids is 3. The van der Waals surface area contributed by atoms with Gasteiger partial charge in [0.05, 0.1) is 4.90 Å². The van der Waals surface area contributed by atoms with Gasteiger partial charge >= 0.3 is 12.0 Å². The molecule has 4 N–H and O–H groups in total. The lowest BCUT2D eigenvalue weighted by atomic mass is 10.3. The highest BCUT2D eigenvalue weighted by Crippen LogP contribution is 2.15. The number of primary amides is 1. The first kappa shape index (κ1) is 19.9. The maximum absolute atomic E-state index is 12.1. The molecule has 0 spiro atoms. The molecule has 1 rings (SSSR count). The molecule has 0 fully saturated rings. The van der Waals surface area contributed by atoms with Crippen molar-refractivity contribution in [3.63, 3.8) is 0 Å². The van der Waals surface area contributed by atoms with Gasteiger partial charge in [-0.25, -0.2) is 13.2 Å². The highest BCUT2D eigenvalue weighted by atomic mass is 35.5. The van der Waals surface area contributed by atoms with Crippen LogP contribution in [0.15, 0.2) is 29.2 Å². The number of hydrogen-bond acceptors (Lipinski definition) is 6. The van der Waals surface area contributed by atoms with Crippen molar-refractivity contribution in [2.75, 3.05) is 0 Å². The van der Waals surface area contributed by atoms with E-state index < -0.39 is 40.1 Å². The first-order valence-electron chi connectivity index (χ1n) is 6.61. The van der Waals surface area contributed by atoms with Crippen molar-refractivity contribution in [1.29, 1.82) is 0 Å². The molecule has 1 aromatic rings. The molecule has 0 aromatic heterocycles. The predicted molar refractivity (Wildman–Crippen MR) is 84.5 cm³/mol. The fourth-order valence-electron chi connectivity index (χ4n) is 1.54. The summed E-state index contributed by atoms with van der Waals surface area (Å²) in [6, 6.07) is 3.07. The summed E-state index contributed by atoms with van der Waals surface area (Å²) in [5, 5.41) is 1.95. The lowest BCUT2D eigenvalue weighted by Gasteiger charge is -2.17. The highest BCUT2D eigenvalue weighted by Gasteiger charge is 2.26. The van der Waals surface area contributed by atoms with Gasteiger partial charge in [0.15, 0.2) is 6.10 Å². The van der Waals surface area contributed by atoms with Crippen LogP contribution in [0.25, 0.3) is 0 Å². The summed E-state index contributed by atoms with van der Waals surface area (Å²) in [4.78, 5) is 33.7. The molecule has 132 valence electrons. The van der Waals surface area contributed by atoms with Gasteiger partial charge in [-0.1, -0.05) is 17.7 Å². The van der Waals surface area contributed by atoms with Gasteiger partial charge in [-0.15, -0.1) is 0 Å². The number of ether oxygens (including phenoxy) is 1. The van der Waals surface area contributed by atoms with Crippen LogP contribution in [0, 0.1) is 0 Å². The second kappa shape index (κ2) is 8.08. The van der Waals surface area contributed by atoms with E-state index in [1.165, 1.54) is 38.1 Å². The van der Waals surface area contributed by atoms with Crippen LogP contribution in [0.2, 0.25) is 5.02 Å². The Morgan fingerprint density at radius 3 is 2.42 bits per heavy atom. The number of rotatable bonds is 6. The van der Waals surface area contributed by atoms with E-state index in [1.807, 2.05) is 0 Å². The number of halogens is 1. The summed E-state index contributed by atoms with van der Waals surface area (Å²) >= 11 is 5.73. The van der Waals surface area contributed by atoms with Crippen molar-refractivity contribution < 1.29 is 27.5 Å². The van der Waals surface area contributed by atoms with E-state index in [4.69, 9.17) is 22.1 Å². The van der Waals surface area contributed by atoms with Gasteiger partial charge in [0.1, 0.15) is 6.04 Å². The lowest BCUT2D eigenvalue weighted by molar-refractivity contribution is -0.155. The van der Waals surface area contributed by atoms with E-state index in [0.717, 1.165) is 0 Å². The van der Waals surface area contributed by atoms with Gasteiger partial charge in [0, 0.05) is 5.02 Å². The van der Waals surface area contributed by atoms with Crippen molar-refractivity contribution in [2.45, 2.75) is 30.9 Å². The Labute approximate surface area is 143 Å². The molecule has 24 heavy (non-hydrogen) atoms. The van der Waals surface area contributed by atoms with Gasteiger partial charge in [0.25, 0.3) is 5.91 Å². The summed E-state index contributed by atoms with van der Waals surface area (Å²) in [6.07, 6.45) is -1.33. The molecule has 2 atom stereocenters. The van der Waals surface area contributed by atoms with Crippen LogP contribution in [0.4, 0.5) is 4.79 Å². The normalized spacial score (nSPS) is 13.6. The van der Waals surface area contributed by atoms with E-state index in [-0.39, 0.29) is 9.92 Å². The Hall–Kier alpha value is -2.17. The number of imide groups is 1. The molecule has 0 radical (unpaired) electrons. The fraction of sp³-hybridized carbons (Fsp3) is 0.308. The van der Waals surface area contributed by atoms with Crippen LogP contribution in [0.3, 0.4) is 0 Å². The first-order valence-corrected chi connectivity index (χ1v) is 8.47. The molecule has 0 aliphatic rings. The Morgan fingerprint density at radius 1 is 1.25 bits per heavy atom. The second-order valence-corrected chi connectivity index (χ2v) is 6.88. The van der Waals surface area contributed by atoms with Crippen LogP contribution in [-0.4, -0.2) is 38.5 Å². The Kier molecular flexibility index (Phi) is 6.70. The number of hydrogen-bond donors (Lipinski definition) is 3. The van der Waals surface area contributed by atoms with Gasteiger partial charge in [0.2, 0.25) is 10.0 Å². The number of nitrogens with two attached hydrogens (primary N) is 1. The van der Waals surface area contributed by atoms with Crippen LogP contribution >= 0.6 is 11.6 Å². The van der Waals surface area contributed by atoms with Crippen molar-refractivity contribution in [1.82, 2.24) is 10.0 Å². The minimum Gasteiger partial charge on any atom is -0.451 e. The molecule has 0 aliphatic heterocycles. The quantitative estimate of drug-likeness (QED) is 0.601. The number of urea groups is 1. The van der Waals surface area contributed by atoms with Gasteiger partial charge in [-0.3, -0.25) is 14.9 Å². The third kappa shape index (κ3) is 5.80. The summed E-state index contributed by atoms with van der Waals surface area (Å²) in [6.45, 7) is 2.44. The van der Waals surface area contributed by atoms with Crippen LogP contribution in [0.5, 0.6) is 0 Å². The zero-order chi connectivity index (χ0) is 18.5. The summed E-state index contributed by atoms with van der Waals surface area (Å²) < 4.78 is 31.2. The molecular formula is C13H16ClN3O6S. The third-order valence-electron chi connectivity index (χ3n) is 2.70. The zero-order valence-corrected chi connectivity index (χ0v) is 14.3. The molecule has 0 unspecified atom stereocenters. The van der Waals surface area contributed by atoms with Crippen LogP contribution < -0.4 is 15.8 Å². The van der Waals surface area contributed by atoms with E-state index in [2.05, 4.69) is 4.72 Å². The molecule has 0 aliphatic carbocycles. The van der Waals surface area contributed by atoms with Gasteiger partial charge in [-0.05, 0) is 32.0 Å². The van der Waals surface area contributed by atoms with E-state index in [9.17, 15) is 22.8 Å². The maximum Gasteiger partial charge on any atom is 0.324 e. The molecule has 0 saturated carbocycles. The molecule has 0 bridgehead atoms. The minimum absolute atomic E-state index is 0.130. The Balaban J connectivity index is 2.73. The monoisotopic (exact) mass is 377 g/mol. The molecule has 0 heterocycles. The van der Waals surface area contributed by atoms with Crippen molar-refractivity contribution in [2.24, 2.45) is 5.73 Å². The van der Waals surface area contributed by atoms with E-state index in [1.54, 1.807) is 5.32 Å². The summed E-state index contributed by atoms with van der Waals surface area (Å²) in [7, 11) is -4.01. The maximum atomic E-state index is 12.1. The van der Waals surface area contributed by atoms with Crippen molar-refractivity contribution in [3.8, 4) is 0 Å². The average Bonchev–Trinajstić information content (AvgIpc) is 2.45. The standard InChI is InChI=1S/C13H16ClN3O6S/c1-7(12(19)23-8(2)11(18)16-13(15)20)17-24(21,22)10-5-3-4-9(14)6-10/h3-8,17H,1-2H3,(H3,15,16,18,20)/t7-,8-/m0/s1. The van der Waals surface area contributed by atoms with Crippen LogP contribution in [-0.2, 0) is 24.3 Å². The van der Waals surface area contributed by atoms with E-state index >= 15 is 0 Å². The first-order chi connectivity index (χ1) is 11.0. The van der Waals surface area contributed by atoms with Crippen LogP contribution in [0.1, 0.15) is 13.8 Å². The topological polar surface area (TPSA) is 145 Å². The fourth-order valence-corrected chi connectivity index (χ4v) is 3.03. The Bertz CT molecular complexity index is 752. The third-order valence-corrected chi connectivity index (χ3v) is 4.47. The average molecular weight is 378 g/mol. The van der Waals surface area contributed by atoms with Gasteiger partial charge in [-0.2, -0.15) is 4.72 Å². The molecule has 0 saturated heterocycles. The number of esters is 1.